The van der Waals surface area contributed by atoms with Crippen molar-refractivity contribution in [2.75, 3.05) is 6.61 Å². The summed E-state index contributed by atoms with van der Waals surface area (Å²) in [5, 5.41) is 38.5. The predicted molar refractivity (Wildman–Crippen MR) is 65.8 cm³/mol. The summed E-state index contributed by atoms with van der Waals surface area (Å²) in [7, 11) is 0. The number of aliphatic hydroxyl groups is 4. The second kappa shape index (κ2) is 6.04. The van der Waals surface area contributed by atoms with Crippen molar-refractivity contribution < 1.29 is 29.9 Å². The molecule has 0 saturated carbocycles. The zero-order chi connectivity index (χ0) is 14.0. The molecule has 1 aromatic rings. The first-order chi connectivity index (χ1) is 9.02. The minimum Gasteiger partial charge on any atom is -0.462 e. The lowest BCUT2D eigenvalue weighted by Crippen LogP contribution is -2.60. The number of ether oxygens (including phenoxy) is 2. The van der Waals surface area contributed by atoms with Crippen LogP contribution in [0.2, 0.25) is 5.02 Å². The number of benzene rings is 1. The molecule has 6 nitrogen and oxygen atoms in total. The largest absolute Gasteiger partial charge is 0.462 e. The Kier molecular flexibility index (Phi) is 4.62. The molecule has 0 radical (unpaired) electrons. The fourth-order valence-electron chi connectivity index (χ4n) is 1.81. The Balaban J connectivity index is 2.08. The van der Waals surface area contributed by atoms with E-state index in [4.69, 9.17) is 26.2 Å². The summed E-state index contributed by atoms with van der Waals surface area (Å²) in [5.74, 6) is 0.383. The van der Waals surface area contributed by atoms with Gasteiger partial charge in [-0.1, -0.05) is 11.6 Å². The van der Waals surface area contributed by atoms with E-state index in [-0.39, 0.29) is 0 Å². The van der Waals surface area contributed by atoms with E-state index in [1.165, 1.54) is 0 Å². The van der Waals surface area contributed by atoms with Crippen LogP contribution in [0.1, 0.15) is 0 Å². The second-order valence-electron chi connectivity index (χ2n) is 4.27. The van der Waals surface area contributed by atoms with Gasteiger partial charge in [0.25, 0.3) is 0 Å². The third-order valence-electron chi connectivity index (χ3n) is 2.91. The Morgan fingerprint density at radius 1 is 1.05 bits per heavy atom. The summed E-state index contributed by atoms with van der Waals surface area (Å²) >= 11 is 5.73. The highest BCUT2D eigenvalue weighted by Crippen LogP contribution is 2.24. The zero-order valence-electron chi connectivity index (χ0n) is 9.89. The van der Waals surface area contributed by atoms with Crippen LogP contribution in [0.5, 0.6) is 5.75 Å². The number of rotatable bonds is 3. The lowest BCUT2D eigenvalue weighted by molar-refractivity contribution is -0.277. The molecule has 0 unspecified atom stereocenters. The molecule has 106 valence electrons. The summed E-state index contributed by atoms with van der Waals surface area (Å²) in [6.07, 6.45) is -6.45. The Labute approximate surface area is 114 Å². The number of halogens is 1. The molecule has 1 saturated heterocycles. The van der Waals surface area contributed by atoms with Crippen molar-refractivity contribution in [2.45, 2.75) is 30.7 Å². The van der Waals surface area contributed by atoms with E-state index >= 15 is 0 Å². The minimum atomic E-state index is -1.46. The monoisotopic (exact) mass is 290 g/mol. The molecule has 1 aliphatic heterocycles. The Hall–Kier alpha value is -0.890. The van der Waals surface area contributed by atoms with Crippen LogP contribution in [-0.4, -0.2) is 57.7 Å². The van der Waals surface area contributed by atoms with E-state index in [2.05, 4.69) is 0 Å². The summed E-state index contributed by atoms with van der Waals surface area (Å²) in [6.45, 7) is -0.495. The Morgan fingerprint density at radius 2 is 1.68 bits per heavy atom. The number of aliphatic hydroxyl groups excluding tert-OH is 4. The molecule has 4 N–H and O–H groups in total. The molecule has 5 atom stereocenters. The van der Waals surface area contributed by atoms with Gasteiger partial charge < -0.3 is 29.9 Å². The maximum atomic E-state index is 9.77. The van der Waals surface area contributed by atoms with Crippen molar-refractivity contribution in [2.24, 2.45) is 0 Å². The van der Waals surface area contributed by atoms with Gasteiger partial charge in [0.15, 0.2) is 0 Å². The van der Waals surface area contributed by atoms with Gasteiger partial charge >= 0.3 is 0 Å². The van der Waals surface area contributed by atoms with E-state index in [9.17, 15) is 15.3 Å². The van der Waals surface area contributed by atoms with Crippen LogP contribution in [-0.2, 0) is 4.74 Å². The van der Waals surface area contributed by atoms with Gasteiger partial charge in [0.05, 0.1) is 6.61 Å². The fourth-order valence-corrected chi connectivity index (χ4v) is 1.94. The van der Waals surface area contributed by atoms with Gasteiger partial charge in [-0.15, -0.1) is 0 Å². The quantitative estimate of drug-likeness (QED) is 0.600. The molecule has 1 aliphatic rings. The van der Waals surface area contributed by atoms with Crippen LogP contribution >= 0.6 is 11.6 Å². The highest BCUT2D eigenvalue weighted by Gasteiger charge is 2.44. The standard InChI is InChI=1S/C12H15ClO6/c13-6-1-3-7(4-2-6)18-12-11(17)10(16)9(15)8(5-14)19-12/h1-4,8-12,14-17H,5H2/t8-,9+,10-,11+,12-/m0/s1. The van der Waals surface area contributed by atoms with Gasteiger partial charge in [0.1, 0.15) is 30.2 Å². The van der Waals surface area contributed by atoms with Crippen molar-refractivity contribution in [3.05, 3.63) is 29.3 Å². The van der Waals surface area contributed by atoms with E-state index in [1.807, 2.05) is 0 Å². The molecule has 1 aromatic carbocycles. The Morgan fingerprint density at radius 3 is 2.26 bits per heavy atom. The molecule has 1 heterocycles. The van der Waals surface area contributed by atoms with Crippen molar-refractivity contribution in [3.8, 4) is 5.75 Å². The highest BCUT2D eigenvalue weighted by atomic mass is 35.5. The zero-order valence-corrected chi connectivity index (χ0v) is 10.6. The van der Waals surface area contributed by atoms with Crippen molar-refractivity contribution >= 4 is 11.6 Å². The van der Waals surface area contributed by atoms with Crippen molar-refractivity contribution in [3.63, 3.8) is 0 Å². The first-order valence-electron chi connectivity index (χ1n) is 5.75. The summed E-state index contributed by atoms with van der Waals surface area (Å²) in [4.78, 5) is 0. The third kappa shape index (κ3) is 3.17. The van der Waals surface area contributed by atoms with E-state index in [1.54, 1.807) is 24.3 Å². The van der Waals surface area contributed by atoms with E-state index < -0.39 is 37.3 Å². The lowest BCUT2D eigenvalue weighted by Gasteiger charge is -2.39. The SMILES string of the molecule is OC[C@@H]1O[C@H](Oc2ccc(Cl)cc2)[C@H](O)[C@@H](O)[C@@H]1O. The molecule has 0 aliphatic carbocycles. The van der Waals surface area contributed by atoms with E-state index in [0.717, 1.165) is 0 Å². The average molecular weight is 291 g/mol. The van der Waals surface area contributed by atoms with Crippen LogP contribution in [0.15, 0.2) is 24.3 Å². The molecule has 2 rings (SSSR count). The van der Waals surface area contributed by atoms with Gasteiger partial charge in [-0.3, -0.25) is 0 Å². The fraction of sp³-hybridized carbons (Fsp3) is 0.500. The van der Waals surface area contributed by atoms with Gasteiger partial charge in [0.2, 0.25) is 6.29 Å². The van der Waals surface area contributed by atoms with E-state index in [0.29, 0.717) is 10.8 Å². The number of hydrogen-bond donors (Lipinski definition) is 4. The first-order valence-corrected chi connectivity index (χ1v) is 6.13. The molecule has 0 aromatic heterocycles. The average Bonchev–Trinajstić information content (AvgIpc) is 2.42. The van der Waals surface area contributed by atoms with Crippen LogP contribution in [0.3, 0.4) is 0 Å². The predicted octanol–water partition coefficient (Wildman–Crippen LogP) is -0.481. The van der Waals surface area contributed by atoms with Crippen molar-refractivity contribution in [1.29, 1.82) is 0 Å². The summed E-state index contributed by atoms with van der Waals surface area (Å²) in [5.41, 5.74) is 0. The van der Waals surface area contributed by atoms with Gasteiger partial charge in [-0.25, -0.2) is 0 Å². The molecular formula is C12H15ClO6. The minimum absolute atomic E-state index is 0.383. The topological polar surface area (TPSA) is 99.4 Å². The van der Waals surface area contributed by atoms with Crippen molar-refractivity contribution in [1.82, 2.24) is 0 Å². The van der Waals surface area contributed by atoms with Gasteiger partial charge in [-0.2, -0.15) is 0 Å². The maximum absolute atomic E-state index is 9.77. The van der Waals surface area contributed by atoms with Gasteiger partial charge in [-0.05, 0) is 24.3 Å². The number of hydrogen-bond acceptors (Lipinski definition) is 6. The highest BCUT2D eigenvalue weighted by molar-refractivity contribution is 6.30. The molecule has 19 heavy (non-hydrogen) atoms. The summed E-state index contributed by atoms with van der Waals surface area (Å²) < 4.78 is 10.6. The maximum Gasteiger partial charge on any atom is 0.229 e. The molecular weight excluding hydrogens is 276 g/mol. The lowest BCUT2D eigenvalue weighted by atomic mass is 9.99. The summed E-state index contributed by atoms with van der Waals surface area (Å²) in [6, 6.07) is 6.34. The smallest absolute Gasteiger partial charge is 0.229 e. The van der Waals surface area contributed by atoms with Crippen LogP contribution in [0.25, 0.3) is 0 Å². The van der Waals surface area contributed by atoms with Crippen LogP contribution in [0, 0.1) is 0 Å². The second-order valence-corrected chi connectivity index (χ2v) is 4.71. The third-order valence-corrected chi connectivity index (χ3v) is 3.17. The van der Waals surface area contributed by atoms with Crippen LogP contribution in [0.4, 0.5) is 0 Å². The molecule has 7 heteroatoms. The molecule has 1 fully saturated rings. The first kappa shape index (κ1) is 14.5. The Bertz CT molecular complexity index is 409. The molecule has 0 amide bonds. The molecule has 0 bridgehead atoms. The normalized spacial score (nSPS) is 35.1. The van der Waals surface area contributed by atoms with Gasteiger partial charge in [0, 0.05) is 5.02 Å². The van der Waals surface area contributed by atoms with Crippen LogP contribution < -0.4 is 4.74 Å². The molecule has 0 spiro atoms.